The number of aromatic nitrogens is 2. The zero-order valence-corrected chi connectivity index (χ0v) is 15.2. The smallest absolute Gasteiger partial charge is 0.330 e. The van der Waals surface area contributed by atoms with Gasteiger partial charge in [-0.15, -0.1) is 0 Å². The summed E-state index contributed by atoms with van der Waals surface area (Å²) >= 11 is 0. The van der Waals surface area contributed by atoms with Gasteiger partial charge in [-0.25, -0.2) is 4.79 Å². The van der Waals surface area contributed by atoms with Crippen LogP contribution in [0.3, 0.4) is 0 Å². The fourth-order valence-electron chi connectivity index (χ4n) is 3.58. The second-order valence-electron chi connectivity index (χ2n) is 6.49. The molecule has 0 bridgehead atoms. The molecule has 10 heteroatoms. The number of methoxy groups -OCH3 is 1. The Morgan fingerprint density at radius 1 is 1.48 bits per heavy atom. The third kappa shape index (κ3) is 3.39. The van der Waals surface area contributed by atoms with Gasteiger partial charge in [-0.3, -0.25) is 18.9 Å². The molecule has 2 aliphatic rings. The number of nitrogens with zero attached hydrogens (tertiary/aromatic N) is 1. The first-order valence-electron chi connectivity index (χ1n) is 8.19. The quantitative estimate of drug-likeness (QED) is 0.680. The first kappa shape index (κ1) is 18.5. The van der Waals surface area contributed by atoms with Gasteiger partial charge in [-0.2, -0.15) is 0 Å². The van der Waals surface area contributed by atoms with E-state index in [1.165, 1.54) is 23.9 Å². The average molecular weight is 374 g/mol. The molecule has 2 N–H and O–H groups in total. The molecular formula is C15H23N2O7P. The van der Waals surface area contributed by atoms with Gasteiger partial charge in [0, 0.05) is 37.6 Å². The Kier molecular flexibility index (Phi) is 5.05. The third-order valence-corrected chi connectivity index (χ3v) is 7.43. The fourth-order valence-corrected chi connectivity index (χ4v) is 5.78. The van der Waals surface area contributed by atoms with Crippen LogP contribution in [0, 0.1) is 5.92 Å². The number of aromatic amines is 1. The van der Waals surface area contributed by atoms with Gasteiger partial charge in [-0.1, -0.05) is 0 Å². The maximum atomic E-state index is 12.6. The number of hydrogen-bond acceptors (Lipinski definition) is 7. The average Bonchev–Trinajstić information content (AvgIpc) is 3.27. The molecule has 0 spiro atoms. The largest absolute Gasteiger partial charge is 0.387 e. The van der Waals surface area contributed by atoms with Crippen LogP contribution in [0.15, 0.2) is 21.9 Å². The summed E-state index contributed by atoms with van der Waals surface area (Å²) in [5, 5.41) is 10.6. The van der Waals surface area contributed by atoms with E-state index in [4.69, 9.17) is 14.0 Å². The molecule has 1 saturated heterocycles. The Balaban J connectivity index is 1.82. The van der Waals surface area contributed by atoms with Gasteiger partial charge < -0.3 is 19.1 Å². The van der Waals surface area contributed by atoms with Gasteiger partial charge in [0.1, 0.15) is 12.2 Å². The van der Waals surface area contributed by atoms with Crippen molar-refractivity contribution in [3.63, 3.8) is 0 Å². The second-order valence-corrected chi connectivity index (χ2v) is 9.23. The number of ether oxygens (including phenoxy) is 2. The summed E-state index contributed by atoms with van der Waals surface area (Å²) in [6.45, 7) is 3.75. The lowest BCUT2D eigenvalue weighted by atomic mass is 10.1. The van der Waals surface area contributed by atoms with E-state index in [9.17, 15) is 19.3 Å². The van der Waals surface area contributed by atoms with Gasteiger partial charge in [-0.05, 0) is 13.3 Å². The first-order chi connectivity index (χ1) is 11.8. The molecule has 1 saturated carbocycles. The normalized spacial score (nSPS) is 37.0. The maximum absolute atomic E-state index is 12.6. The summed E-state index contributed by atoms with van der Waals surface area (Å²) in [6, 6.07) is 1.20. The molecule has 1 aliphatic carbocycles. The highest BCUT2D eigenvalue weighted by Crippen LogP contribution is 2.64. The molecule has 0 aromatic carbocycles. The van der Waals surface area contributed by atoms with Crippen molar-refractivity contribution >= 4 is 7.37 Å². The lowest BCUT2D eigenvalue weighted by Crippen LogP contribution is -2.38. The molecule has 3 rings (SSSR count). The van der Waals surface area contributed by atoms with E-state index in [-0.39, 0.29) is 11.6 Å². The Labute approximate surface area is 144 Å². The zero-order chi connectivity index (χ0) is 18.4. The standard InChI is InChI=1S/C15H23N2O7P/c1-4-23-25(3,21)9-7-8(9)12-11(19)13(22-2)14(24-12)17-6-5-10(18)16-15(17)20/h5-6,8-9,11-14,19H,4,7H2,1-3H3,(H,16,18,20)/t8?,9?,11-,12+,13?,14+,25?/m0/s1. The highest BCUT2D eigenvalue weighted by Gasteiger charge is 2.59. The highest BCUT2D eigenvalue weighted by atomic mass is 31.2. The Morgan fingerprint density at radius 3 is 2.80 bits per heavy atom. The molecule has 2 fully saturated rings. The van der Waals surface area contributed by atoms with E-state index >= 15 is 0 Å². The maximum Gasteiger partial charge on any atom is 0.330 e. The number of H-pyrrole nitrogens is 1. The molecule has 140 valence electrons. The van der Waals surface area contributed by atoms with Crippen molar-refractivity contribution in [1.82, 2.24) is 9.55 Å². The van der Waals surface area contributed by atoms with E-state index in [0.29, 0.717) is 13.0 Å². The summed E-state index contributed by atoms with van der Waals surface area (Å²) in [7, 11) is -1.36. The molecule has 1 aromatic rings. The van der Waals surface area contributed by atoms with E-state index in [2.05, 4.69) is 4.98 Å². The van der Waals surface area contributed by atoms with E-state index in [0.717, 1.165) is 0 Å². The molecule has 4 unspecified atom stereocenters. The fraction of sp³-hybridized carbons (Fsp3) is 0.733. The van der Waals surface area contributed by atoms with Gasteiger partial charge >= 0.3 is 5.69 Å². The van der Waals surface area contributed by atoms with Gasteiger partial charge in [0.05, 0.1) is 12.7 Å². The van der Waals surface area contributed by atoms with Crippen LogP contribution in [0.2, 0.25) is 0 Å². The third-order valence-electron chi connectivity index (χ3n) is 4.86. The highest BCUT2D eigenvalue weighted by molar-refractivity contribution is 7.59. The molecule has 1 aliphatic heterocycles. The van der Waals surface area contributed by atoms with Crippen LogP contribution in [0.5, 0.6) is 0 Å². The molecule has 9 nitrogen and oxygen atoms in total. The van der Waals surface area contributed by atoms with Crippen LogP contribution in [0.1, 0.15) is 19.6 Å². The van der Waals surface area contributed by atoms with E-state index < -0.39 is 43.2 Å². The summed E-state index contributed by atoms with van der Waals surface area (Å²) in [5.41, 5.74) is -1.33. The number of hydrogen-bond donors (Lipinski definition) is 2. The summed E-state index contributed by atoms with van der Waals surface area (Å²) in [6.07, 6.45) is -1.32. The van der Waals surface area contributed by atoms with Crippen LogP contribution >= 0.6 is 7.37 Å². The molecule has 7 atom stereocenters. The Morgan fingerprint density at radius 2 is 2.20 bits per heavy atom. The molecule has 0 amide bonds. The number of aliphatic hydroxyl groups is 1. The van der Waals surface area contributed by atoms with Crippen LogP contribution in [0.4, 0.5) is 0 Å². The topological polar surface area (TPSA) is 120 Å². The van der Waals surface area contributed by atoms with Crippen molar-refractivity contribution in [2.45, 2.75) is 43.5 Å². The predicted octanol–water partition coefficient (Wildman–Crippen LogP) is 0.143. The molecule has 25 heavy (non-hydrogen) atoms. The number of rotatable bonds is 6. The number of aliphatic hydroxyl groups excluding tert-OH is 1. The SMILES string of the molecule is CCOP(C)(=O)C1CC1[C@H]1O[C@@H](n2ccc(=O)[nH]c2=O)C(OC)[C@H]1O. The van der Waals surface area contributed by atoms with Crippen LogP contribution < -0.4 is 11.2 Å². The lowest BCUT2D eigenvalue weighted by molar-refractivity contribution is -0.0571. The van der Waals surface area contributed by atoms with Crippen molar-refractivity contribution < 1.29 is 23.7 Å². The first-order valence-corrected chi connectivity index (χ1v) is 10.3. The summed E-state index contributed by atoms with van der Waals surface area (Å²) < 4.78 is 30.3. The summed E-state index contributed by atoms with van der Waals surface area (Å²) in [4.78, 5) is 25.4. The molecule has 0 radical (unpaired) electrons. The minimum absolute atomic E-state index is 0.126. The van der Waals surface area contributed by atoms with E-state index in [1.54, 1.807) is 13.6 Å². The molecule has 2 heterocycles. The zero-order valence-electron chi connectivity index (χ0n) is 14.3. The monoisotopic (exact) mass is 374 g/mol. The minimum atomic E-state index is -2.77. The van der Waals surface area contributed by atoms with Crippen molar-refractivity contribution in [3.8, 4) is 0 Å². The lowest BCUT2D eigenvalue weighted by Gasteiger charge is -2.20. The molecule has 1 aromatic heterocycles. The van der Waals surface area contributed by atoms with Crippen LogP contribution in [0.25, 0.3) is 0 Å². The Hall–Kier alpha value is -1.25. The molecular weight excluding hydrogens is 351 g/mol. The predicted molar refractivity (Wildman–Crippen MR) is 89.1 cm³/mol. The van der Waals surface area contributed by atoms with Crippen molar-refractivity contribution in [2.24, 2.45) is 5.92 Å². The van der Waals surface area contributed by atoms with Crippen molar-refractivity contribution in [1.29, 1.82) is 0 Å². The van der Waals surface area contributed by atoms with Crippen molar-refractivity contribution in [2.75, 3.05) is 20.4 Å². The van der Waals surface area contributed by atoms with Gasteiger partial charge in [0.15, 0.2) is 6.23 Å². The number of nitrogens with one attached hydrogen (secondary N) is 1. The second kappa shape index (κ2) is 6.81. The van der Waals surface area contributed by atoms with Gasteiger partial charge in [0.2, 0.25) is 7.37 Å². The Bertz CT molecular complexity index is 791. The van der Waals surface area contributed by atoms with Crippen LogP contribution in [-0.4, -0.2) is 59.0 Å². The minimum Gasteiger partial charge on any atom is -0.387 e. The van der Waals surface area contributed by atoms with Crippen LogP contribution in [-0.2, 0) is 18.6 Å². The summed E-state index contributed by atoms with van der Waals surface area (Å²) in [5.74, 6) is -0.126. The van der Waals surface area contributed by atoms with E-state index in [1.807, 2.05) is 0 Å². The van der Waals surface area contributed by atoms with Crippen molar-refractivity contribution in [3.05, 3.63) is 33.1 Å². The van der Waals surface area contributed by atoms with Gasteiger partial charge in [0.25, 0.3) is 5.56 Å².